The van der Waals surface area contributed by atoms with Crippen LogP contribution in [0.5, 0.6) is 11.5 Å². The van der Waals surface area contributed by atoms with Gasteiger partial charge in [0.2, 0.25) is 5.75 Å². The summed E-state index contributed by atoms with van der Waals surface area (Å²) in [7, 11) is -3.37. The van der Waals surface area contributed by atoms with E-state index in [1.807, 2.05) is 18.2 Å². The molecule has 3 aromatic carbocycles. The van der Waals surface area contributed by atoms with Gasteiger partial charge in [-0.15, -0.1) is 0 Å². The molecule has 0 unspecified atom stereocenters. The fraction of sp³-hybridized carbons (Fsp3) is 0.0417. The Balaban J connectivity index is 1.87. The molecule has 0 saturated heterocycles. The van der Waals surface area contributed by atoms with Crippen LogP contribution < -0.4 is 10.4 Å². The van der Waals surface area contributed by atoms with Crippen molar-refractivity contribution in [1.82, 2.24) is 0 Å². The minimum absolute atomic E-state index is 0.0848. The first kappa shape index (κ1) is 20.6. The van der Waals surface area contributed by atoms with Crippen molar-refractivity contribution in [3.8, 4) is 33.9 Å². The molecule has 1 aromatic heterocycles. The molecule has 0 atom stereocenters. The van der Waals surface area contributed by atoms with E-state index in [9.17, 15) is 17.6 Å². The molecule has 156 valence electrons. The van der Waals surface area contributed by atoms with Crippen molar-refractivity contribution < 1.29 is 22.0 Å². The van der Waals surface area contributed by atoms with Crippen LogP contribution in [0.2, 0.25) is 0 Å². The molecule has 31 heavy (non-hydrogen) atoms. The third-order valence-corrected chi connectivity index (χ3v) is 5.72. The number of sulfone groups is 1. The summed E-state index contributed by atoms with van der Waals surface area (Å²) in [4.78, 5) is 13.0. The van der Waals surface area contributed by atoms with E-state index in [2.05, 4.69) is 0 Å². The molecule has 0 aliphatic heterocycles. The van der Waals surface area contributed by atoms with Gasteiger partial charge in [-0.1, -0.05) is 42.5 Å². The van der Waals surface area contributed by atoms with Gasteiger partial charge >= 0.3 is 5.63 Å². The Labute approximate surface area is 178 Å². The molecule has 0 bridgehead atoms. The monoisotopic (exact) mass is 436 g/mol. The first-order valence-electron chi connectivity index (χ1n) is 9.29. The molecule has 0 radical (unpaired) electrons. The van der Waals surface area contributed by atoms with Crippen LogP contribution in [0.15, 0.2) is 99.0 Å². The first-order chi connectivity index (χ1) is 14.8. The second-order valence-corrected chi connectivity index (χ2v) is 8.88. The van der Waals surface area contributed by atoms with Crippen LogP contribution in [-0.2, 0) is 9.84 Å². The lowest BCUT2D eigenvalue weighted by Crippen LogP contribution is -2.06. The molecule has 1 heterocycles. The number of hydrogen-bond donors (Lipinski definition) is 0. The number of benzene rings is 3. The molecular weight excluding hydrogens is 419 g/mol. The van der Waals surface area contributed by atoms with Crippen LogP contribution in [-0.4, -0.2) is 14.7 Å². The normalized spacial score (nSPS) is 11.3. The number of halogens is 1. The van der Waals surface area contributed by atoms with Crippen LogP contribution in [0.3, 0.4) is 0 Å². The summed E-state index contributed by atoms with van der Waals surface area (Å²) >= 11 is 0. The van der Waals surface area contributed by atoms with E-state index < -0.39 is 21.3 Å². The molecule has 0 aliphatic carbocycles. The number of hydrogen-bond acceptors (Lipinski definition) is 5. The lowest BCUT2D eigenvalue weighted by molar-refractivity contribution is 0.427. The van der Waals surface area contributed by atoms with E-state index in [0.29, 0.717) is 22.5 Å². The van der Waals surface area contributed by atoms with Gasteiger partial charge < -0.3 is 9.15 Å². The van der Waals surface area contributed by atoms with Crippen LogP contribution in [0.25, 0.3) is 22.5 Å². The SMILES string of the molecule is CS(=O)(=O)c1ccc(-c2cc(-c3ccccc3)oc(=O)c2Oc2ccc(F)cc2)cc1. The minimum atomic E-state index is -3.37. The predicted octanol–water partition coefficient (Wildman–Crippen LogP) is 5.31. The number of ether oxygens (including phenoxy) is 1. The van der Waals surface area contributed by atoms with Crippen molar-refractivity contribution in [2.24, 2.45) is 0 Å². The number of rotatable bonds is 5. The van der Waals surface area contributed by atoms with Crippen molar-refractivity contribution >= 4 is 9.84 Å². The largest absolute Gasteiger partial charge is 0.449 e. The van der Waals surface area contributed by atoms with Crippen LogP contribution in [0.1, 0.15) is 0 Å². The zero-order valence-corrected chi connectivity index (χ0v) is 17.2. The zero-order valence-electron chi connectivity index (χ0n) is 16.4. The Morgan fingerprint density at radius 1 is 0.839 bits per heavy atom. The summed E-state index contributed by atoms with van der Waals surface area (Å²) < 4.78 is 48.0. The molecule has 4 rings (SSSR count). The smallest absolute Gasteiger partial charge is 0.380 e. The maximum Gasteiger partial charge on any atom is 0.380 e. The maximum absolute atomic E-state index is 13.2. The van der Waals surface area contributed by atoms with Gasteiger partial charge in [0.05, 0.1) is 4.90 Å². The highest BCUT2D eigenvalue weighted by Gasteiger charge is 2.18. The lowest BCUT2D eigenvalue weighted by atomic mass is 10.0. The summed E-state index contributed by atoms with van der Waals surface area (Å²) in [5.74, 6) is 0.0724. The lowest BCUT2D eigenvalue weighted by Gasteiger charge is -2.12. The van der Waals surface area contributed by atoms with Crippen molar-refractivity contribution in [2.45, 2.75) is 4.90 Å². The standard InChI is InChI=1S/C24H17FO5S/c1-31(27,28)20-13-7-16(8-14-20)21-15-22(17-5-3-2-4-6-17)30-24(26)23(21)29-19-11-9-18(25)10-12-19/h2-15H,1H3. The molecular formula is C24H17FO5S. The average molecular weight is 436 g/mol. The molecule has 0 N–H and O–H groups in total. The van der Waals surface area contributed by atoms with Gasteiger partial charge in [0.15, 0.2) is 9.84 Å². The van der Waals surface area contributed by atoms with Gasteiger partial charge in [0.25, 0.3) is 0 Å². The third kappa shape index (κ3) is 4.57. The van der Waals surface area contributed by atoms with Gasteiger partial charge in [0, 0.05) is 17.4 Å². The van der Waals surface area contributed by atoms with E-state index in [4.69, 9.17) is 9.15 Å². The van der Waals surface area contributed by atoms with E-state index in [1.165, 1.54) is 36.4 Å². The third-order valence-electron chi connectivity index (χ3n) is 4.59. The van der Waals surface area contributed by atoms with Gasteiger partial charge in [-0.2, -0.15) is 0 Å². The predicted molar refractivity (Wildman–Crippen MR) is 115 cm³/mol. The van der Waals surface area contributed by atoms with E-state index in [0.717, 1.165) is 6.26 Å². The highest BCUT2D eigenvalue weighted by molar-refractivity contribution is 7.90. The minimum Gasteiger partial charge on any atom is -0.449 e. The molecule has 0 saturated carbocycles. The van der Waals surface area contributed by atoms with Gasteiger partial charge in [-0.3, -0.25) is 0 Å². The highest BCUT2D eigenvalue weighted by atomic mass is 32.2. The summed E-state index contributed by atoms with van der Waals surface area (Å²) in [6.07, 6.45) is 1.12. The first-order valence-corrected chi connectivity index (χ1v) is 11.2. The molecule has 0 spiro atoms. The summed E-state index contributed by atoms with van der Waals surface area (Å²) in [5, 5.41) is 0. The van der Waals surface area contributed by atoms with E-state index >= 15 is 0 Å². The Hall–Kier alpha value is -3.71. The Morgan fingerprint density at radius 2 is 1.48 bits per heavy atom. The van der Waals surface area contributed by atoms with Gasteiger partial charge in [0.1, 0.15) is 17.3 Å². The van der Waals surface area contributed by atoms with E-state index in [1.54, 1.807) is 30.3 Å². The summed E-state index contributed by atoms with van der Waals surface area (Å²) in [5.41, 5.74) is 0.962. The second-order valence-electron chi connectivity index (χ2n) is 6.86. The Kier molecular flexibility index (Phi) is 5.44. The quantitative estimate of drug-likeness (QED) is 0.424. The molecule has 0 aliphatic rings. The molecule has 5 nitrogen and oxygen atoms in total. The maximum atomic E-state index is 13.2. The fourth-order valence-electron chi connectivity index (χ4n) is 3.04. The zero-order chi connectivity index (χ0) is 22.0. The van der Waals surface area contributed by atoms with Crippen molar-refractivity contribution in [1.29, 1.82) is 0 Å². The fourth-order valence-corrected chi connectivity index (χ4v) is 3.67. The van der Waals surface area contributed by atoms with Crippen LogP contribution in [0.4, 0.5) is 4.39 Å². The van der Waals surface area contributed by atoms with Crippen molar-refractivity contribution in [3.63, 3.8) is 0 Å². The van der Waals surface area contributed by atoms with Crippen molar-refractivity contribution in [3.05, 3.63) is 101 Å². The summed E-state index contributed by atoms with van der Waals surface area (Å²) in [6.45, 7) is 0. The van der Waals surface area contributed by atoms with Crippen molar-refractivity contribution in [2.75, 3.05) is 6.26 Å². The van der Waals surface area contributed by atoms with Crippen LogP contribution >= 0.6 is 0 Å². The van der Waals surface area contributed by atoms with Gasteiger partial charge in [-0.25, -0.2) is 17.6 Å². The van der Waals surface area contributed by atoms with E-state index in [-0.39, 0.29) is 16.4 Å². The highest BCUT2D eigenvalue weighted by Crippen LogP contribution is 2.34. The molecule has 7 heteroatoms. The topological polar surface area (TPSA) is 73.6 Å². The molecule has 0 fully saturated rings. The second kappa shape index (κ2) is 8.20. The molecule has 4 aromatic rings. The Bertz CT molecular complexity index is 1380. The van der Waals surface area contributed by atoms with Gasteiger partial charge in [-0.05, 0) is 48.0 Å². The van der Waals surface area contributed by atoms with Crippen LogP contribution in [0, 0.1) is 5.82 Å². The Morgan fingerprint density at radius 3 is 2.10 bits per heavy atom. The summed E-state index contributed by atoms with van der Waals surface area (Å²) in [6, 6.07) is 22.1. The average Bonchev–Trinajstić information content (AvgIpc) is 2.76. The molecule has 0 amide bonds.